The van der Waals surface area contributed by atoms with Crippen molar-refractivity contribution in [3.8, 4) is 5.75 Å². The van der Waals surface area contributed by atoms with Crippen LogP contribution in [0.4, 0.5) is 0 Å². The fourth-order valence-corrected chi connectivity index (χ4v) is 3.09. The van der Waals surface area contributed by atoms with Crippen LogP contribution in [-0.4, -0.2) is 13.2 Å². The second-order valence-electron chi connectivity index (χ2n) is 5.41. The monoisotopic (exact) mass is 301 g/mol. The van der Waals surface area contributed by atoms with Gasteiger partial charge < -0.3 is 10.1 Å². The zero-order chi connectivity index (χ0) is 14.7. The number of halogens is 1. The van der Waals surface area contributed by atoms with Crippen LogP contribution in [0.3, 0.4) is 0 Å². The summed E-state index contributed by atoms with van der Waals surface area (Å²) in [4.78, 5) is 0. The van der Waals surface area contributed by atoms with Crippen molar-refractivity contribution in [2.24, 2.45) is 0 Å². The minimum Gasteiger partial charge on any atom is -0.493 e. The number of hydrogen-bond donors (Lipinski definition) is 1. The molecule has 0 saturated heterocycles. The molecule has 0 aliphatic carbocycles. The Kier molecular flexibility index (Phi) is 4.47. The summed E-state index contributed by atoms with van der Waals surface area (Å²) < 4.78 is 5.59. The molecule has 1 N–H and O–H groups in total. The maximum absolute atomic E-state index is 6.09. The summed E-state index contributed by atoms with van der Waals surface area (Å²) in [5.41, 5.74) is 3.90. The van der Waals surface area contributed by atoms with E-state index in [9.17, 15) is 0 Å². The van der Waals surface area contributed by atoms with Crippen LogP contribution in [0.15, 0.2) is 42.5 Å². The Morgan fingerprint density at radius 1 is 1.24 bits per heavy atom. The molecular formula is C18H20ClNO. The number of nitrogens with one attached hydrogen (secondary N) is 1. The predicted octanol–water partition coefficient (Wildman–Crippen LogP) is 4.17. The molecule has 1 heterocycles. The second-order valence-corrected chi connectivity index (χ2v) is 5.85. The van der Waals surface area contributed by atoms with Crippen LogP contribution >= 0.6 is 11.6 Å². The van der Waals surface area contributed by atoms with Gasteiger partial charge >= 0.3 is 0 Å². The van der Waals surface area contributed by atoms with Crippen LogP contribution in [0.2, 0.25) is 5.02 Å². The highest BCUT2D eigenvalue weighted by Gasteiger charge is 2.17. The quantitative estimate of drug-likeness (QED) is 0.895. The van der Waals surface area contributed by atoms with Gasteiger partial charge in [0.15, 0.2) is 0 Å². The summed E-state index contributed by atoms with van der Waals surface area (Å²) in [6.45, 7) is 3.89. The van der Waals surface area contributed by atoms with Gasteiger partial charge in [0.05, 0.1) is 6.61 Å². The lowest BCUT2D eigenvalue weighted by Crippen LogP contribution is -2.23. The van der Waals surface area contributed by atoms with Gasteiger partial charge in [-0.3, -0.25) is 0 Å². The molecule has 0 amide bonds. The average Bonchev–Trinajstić information content (AvgIpc) is 2.94. The molecule has 2 aromatic carbocycles. The van der Waals surface area contributed by atoms with Crippen molar-refractivity contribution >= 4 is 11.6 Å². The van der Waals surface area contributed by atoms with E-state index >= 15 is 0 Å². The van der Waals surface area contributed by atoms with E-state index in [-0.39, 0.29) is 0 Å². The van der Waals surface area contributed by atoms with Crippen LogP contribution in [0, 0.1) is 0 Å². The van der Waals surface area contributed by atoms with Gasteiger partial charge in [-0.25, -0.2) is 0 Å². The fourth-order valence-electron chi connectivity index (χ4n) is 2.88. The van der Waals surface area contributed by atoms with Crippen LogP contribution < -0.4 is 10.1 Å². The lowest BCUT2D eigenvalue weighted by atomic mass is 9.96. The molecule has 0 radical (unpaired) electrons. The van der Waals surface area contributed by atoms with Crippen LogP contribution in [0.25, 0.3) is 0 Å². The Labute approximate surface area is 131 Å². The number of hydrogen-bond acceptors (Lipinski definition) is 2. The summed E-state index contributed by atoms with van der Waals surface area (Å²) in [7, 11) is 0. The van der Waals surface area contributed by atoms with Gasteiger partial charge in [-0.15, -0.1) is 0 Å². The number of likely N-dealkylation sites (N-methyl/N-ethyl adjacent to an activating group) is 1. The summed E-state index contributed by atoms with van der Waals surface area (Å²) in [5.74, 6) is 1.04. The number of benzene rings is 2. The molecule has 2 aromatic rings. The fraction of sp³-hybridized carbons (Fsp3) is 0.333. The van der Waals surface area contributed by atoms with Gasteiger partial charge in [0.25, 0.3) is 0 Å². The Morgan fingerprint density at radius 2 is 2.14 bits per heavy atom. The van der Waals surface area contributed by atoms with Crippen LogP contribution in [-0.2, 0) is 12.8 Å². The largest absolute Gasteiger partial charge is 0.493 e. The molecule has 1 unspecified atom stereocenters. The minimum atomic E-state index is 0.305. The molecule has 0 fully saturated rings. The van der Waals surface area contributed by atoms with E-state index in [0.29, 0.717) is 6.04 Å². The highest BCUT2D eigenvalue weighted by Crippen LogP contribution is 2.29. The molecule has 110 valence electrons. The van der Waals surface area contributed by atoms with Crippen molar-refractivity contribution in [2.45, 2.75) is 25.8 Å². The zero-order valence-electron chi connectivity index (χ0n) is 12.2. The standard InChI is InChI=1S/C18H20ClNO/c1-2-20-17(11-13-4-3-5-16(19)10-13)14-6-7-18-15(12-14)8-9-21-18/h3-7,10,12,17,20H,2,8-9,11H2,1H3. The molecule has 1 aliphatic heterocycles. The lowest BCUT2D eigenvalue weighted by Gasteiger charge is -2.19. The molecule has 21 heavy (non-hydrogen) atoms. The molecule has 0 saturated carbocycles. The van der Waals surface area contributed by atoms with E-state index in [1.54, 1.807) is 0 Å². The van der Waals surface area contributed by atoms with Crippen LogP contribution in [0.5, 0.6) is 5.75 Å². The second kappa shape index (κ2) is 6.50. The van der Waals surface area contributed by atoms with Crippen molar-refractivity contribution in [2.75, 3.05) is 13.2 Å². The summed E-state index contributed by atoms with van der Waals surface area (Å²) >= 11 is 6.09. The Balaban J connectivity index is 1.84. The van der Waals surface area contributed by atoms with Crippen molar-refractivity contribution in [1.29, 1.82) is 0 Å². The topological polar surface area (TPSA) is 21.3 Å². The molecule has 0 aromatic heterocycles. The van der Waals surface area contributed by atoms with Crippen molar-refractivity contribution in [3.05, 3.63) is 64.2 Å². The van der Waals surface area contributed by atoms with Gasteiger partial charge in [0.1, 0.15) is 5.75 Å². The van der Waals surface area contributed by atoms with E-state index in [2.05, 4.69) is 36.5 Å². The molecule has 2 nitrogen and oxygen atoms in total. The third-order valence-electron chi connectivity index (χ3n) is 3.90. The Bertz CT molecular complexity index is 626. The maximum atomic E-state index is 6.09. The van der Waals surface area contributed by atoms with Gasteiger partial charge in [-0.1, -0.05) is 42.8 Å². The average molecular weight is 302 g/mol. The number of ether oxygens (including phenoxy) is 1. The molecule has 3 heteroatoms. The highest BCUT2D eigenvalue weighted by molar-refractivity contribution is 6.30. The SMILES string of the molecule is CCNC(Cc1cccc(Cl)c1)c1ccc2c(c1)CCO2. The highest BCUT2D eigenvalue weighted by atomic mass is 35.5. The Hall–Kier alpha value is -1.51. The van der Waals surface area contributed by atoms with Crippen molar-refractivity contribution < 1.29 is 4.74 Å². The third-order valence-corrected chi connectivity index (χ3v) is 4.13. The molecule has 1 aliphatic rings. The first kappa shape index (κ1) is 14.4. The van der Waals surface area contributed by atoms with Gasteiger partial charge in [0, 0.05) is 17.5 Å². The van der Waals surface area contributed by atoms with E-state index in [0.717, 1.165) is 36.8 Å². The maximum Gasteiger partial charge on any atom is 0.122 e. The van der Waals surface area contributed by atoms with E-state index in [4.69, 9.17) is 16.3 Å². The lowest BCUT2D eigenvalue weighted by molar-refractivity contribution is 0.356. The molecular weight excluding hydrogens is 282 g/mol. The smallest absolute Gasteiger partial charge is 0.122 e. The van der Waals surface area contributed by atoms with Crippen LogP contribution in [0.1, 0.15) is 29.7 Å². The zero-order valence-corrected chi connectivity index (χ0v) is 13.0. The molecule has 0 spiro atoms. The first-order valence-corrected chi connectivity index (χ1v) is 7.87. The summed E-state index contributed by atoms with van der Waals surface area (Å²) in [5, 5.41) is 4.37. The number of rotatable bonds is 5. The first-order valence-electron chi connectivity index (χ1n) is 7.49. The van der Waals surface area contributed by atoms with Crippen molar-refractivity contribution in [1.82, 2.24) is 5.32 Å². The van der Waals surface area contributed by atoms with Gasteiger partial charge in [-0.05, 0) is 47.9 Å². The molecule has 0 bridgehead atoms. The molecule has 3 rings (SSSR count). The normalized spacial score (nSPS) is 14.6. The van der Waals surface area contributed by atoms with E-state index < -0.39 is 0 Å². The summed E-state index contributed by atoms with van der Waals surface area (Å²) in [6, 6.07) is 15.0. The third kappa shape index (κ3) is 3.39. The summed E-state index contributed by atoms with van der Waals surface area (Å²) in [6.07, 6.45) is 1.95. The minimum absolute atomic E-state index is 0.305. The number of fused-ring (bicyclic) bond motifs is 1. The van der Waals surface area contributed by atoms with E-state index in [1.807, 2.05) is 18.2 Å². The first-order chi connectivity index (χ1) is 10.3. The van der Waals surface area contributed by atoms with Crippen molar-refractivity contribution in [3.63, 3.8) is 0 Å². The Morgan fingerprint density at radius 3 is 2.95 bits per heavy atom. The molecule has 1 atom stereocenters. The van der Waals surface area contributed by atoms with Gasteiger partial charge in [-0.2, -0.15) is 0 Å². The predicted molar refractivity (Wildman–Crippen MR) is 87.2 cm³/mol. The van der Waals surface area contributed by atoms with E-state index in [1.165, 1.54) is 16.7 Å². The van der Waals surface area contributed by atoms with Gasteiger partial charge in [0.2, 0.25) is 0 Å².